The highest BCUT2D eigenvalue weighted by Gasteiger charge is 2.28. The first-order valence-electron chi connectivity index (χ1n) is 3.64. The summed E-state index contributed by atoms with van der Waals surface area (Å²) in [5.41, 5.74) is 0. The highest BCUT2D eigenvalue weighted by molar-refractivity contribution is 7.92. The van der Waals surface area contributed by atoms with Gasteiger partial charge in [-0.2, -0.15) is 0 Å². The lowest BCUT2D eigenvalue weighted by Crippen LogP contribution is -2.34. The monoisotopic (exact) mass is 162 g/mol. The Balaban J connectivity index is 2.33. The van der Waals surface area contributed by atoms with Crippen molar-refractivity contribution in [1.29, 1.82) is 0 Å². The van der Waals surface area contributed by atoms with Gasteiger partial charge in [-0.1, -0.05) is 11.2 Å². The first kappa shape index (κ1) is 8.37. The second-order valence-electron chi connectivity index (χ2n) is 2.78. The van der Waals surface area contributed by atoms with Crippen LogP contribution in [-0.2, 0) is 15.9 Å². The molecule has 0 bridgehead atoms. The minimum atomic E-state index is -0.587. The highest BCUT2D eigenvalue weighted by Crippen LogP contribution is 2.20. The molecule has 0 radical (unpaired) electrons. The van der Waals surface area contributed by atoms with E-state index in [-0.39, 0.29) is 0 Å². The number of ether oxygens (including phenoxy) is 1. The van der Waals surface area contributed by atoms with E-state index >= 15 is 0 Å². The van der Waals surface area contributed by atoms with E-state index in [1.54, 1.807) is 7.11 Å². The Hall–Kier alpha value is 0.270. The van der Waals surface area contributed by atoms with Crippen LogP contribution in [0, 0.1) is 0 Å². The van der Waals surface area contributed by atoms with Crippen LogP contribution in [0.4, 0.5) is 0 Å². The Morgan fingerprint density at radius 2 is 2.30 bits per heavy atom. The molecule has 1 rings (SSSR count). The highest BCUT2D eigenvalue weighted by atomic mass is 32.2. The van der Waals surface area contributed by atoms with Gasteiger partial charge in [-0.25, -0.2) is 0 Å². The maximum absolute atomic E-state index is 11.1. The molecule has 0 aromatic carbocycles. The summed E-state index contributed by atoms with van der Waals surface area (Å²) in [6, 6.07) is 0. The zero-order chi connectivity index (χ0) is 7.56. The molecule has 0 saturated carbocycles. The maximum Gasteiger partial charge on any atom is 0.115 e. The largest absolute Gasteiger partial charge is 0.616 e. The quantitative estimate of drug-likeness (QED) is 0.537. The van der Waals surface area contributed by atoms with Crippen LogP contribution in [0.5, 0.6) is 0 Å². The fourth-order valence-electron chi connectivity index (χ4n) is 1.26. The molecule has 1 heterocycles. The normalized spacial score (nSPS) is 41.7. The van der Waals surface area contributed by atoms with E-state index in [0.29, 0.717) is 11.4 Å². The number of methoxy groups -OCH3 is 1. The van der Waals surface area contributed by atoms with E-state index < -0.39 is 11.2 Å². The Bertz CT molecular complexity index is 108. The minimum absolute atomic E-state index is 0.332. The molecule has 1 saturated heterocycles. The molecule has 0 aromatic heterocycles. The molecule has 0 spiro atoms. The molecule has 0 aromatic rings. The summed E-state index contributed by atoms with van der Waals surface area (Å²) >= 11 is -0.587. The van der Waals surface area contributed by atoms with Crippen LogP contribution in [0.3, 0.4) is 0 Å². The van der Waals surface area contributed by atoms with Gasteiger partial charge in [0.25, 0.3) is 0 Å². The average molecular weight is 162 g/mol. The Morgan fingerprint density at radius 3 is 2.80 bits per heavy atom. The SMILES string of the molecule is COC1CC[S+]([O-])C(C)C1. The summed E-state index contributed by atoms with van der Waals surface area (Å²) in [5, 5.41) is 0.332. The van der Waals surface area contributed by atoms with Crippen LogP contribution in [-0.4, -0.2) is 28.8 Å². The number of hydrogen-bond donors (Lipinski definition) is 0. The zero-order valence-electron chi connectivity index (χ0n) is 6.50. The molecule has 1 aliphatic heterocycles. The lowest BCUT2D eigenvalue weighted by atomic mass is 10.1. The van der Waals surface area contributed by atoms with Crippen molar-refractivity contribution in [1.82, 2.24) is 0 Å². The molecule has 3 heteroatoms. The van der Waals surface area contributed by atoms with Crippen LogP contribution in [0.1, 0.15) is 19.8 Å². The molecular formula is C7H14O2S. The van der Waals surface area contributed by atoms with Crippen molar-refractivity contribution < 1.29 is 9.29 Å². The summed E-state index contributed by atoms with van der Waals surface area (Å²) in [7, 11) is 1.73. The minimum Gasteiger partial charge on any atom is -0.616 e. The first-order chi connectivity index (χ1) is 4.74. The smallest absolute Gasteiger partial charge is 0.115 e. The van der Waals surface area contributed by atoms with E-state index in [2.05, 4.69) is 0 Å². The van der Waals surface area contributed by atoms with Gasteiger partial charge in [0.2, 0.25) is 0 Å². The Kier molecular flexibility index (Phi) is 3.01. The fourth-order valence-corrected chi connectivity index (χ4v) is 2.59. The van der Waals surface area contributed by atoms with E-state index in [9.17, 15) is 4.55 Å². The van der Waals surface area contributed by atoms with Crippen molar-refractivity contribution in [3.63, 3.8) is 0 Å². The summed E-state index contributed by atoms with van der Waals surface area (Å²) in [6.45, 7) is 2.03. The third kappa shape index (κ3) is 1.87. The van der Waals surface area contributed by atoms with Crippen LogP contribution in [0.25, 0.3) is 0 Å². The van der Waals surface area contributed by atoms with Crippen LogP contribution < -0.4 is 0 Å². The van der Waals surface area contributed by atoms with Gasteiger partial charge >= 0.3 is 0 Å². The van der Waals surface area contributed by atoms with Crippen molar-refractivity contribution >= 4 is 11.2 Å². The van der Waals surface area contributed by atoms with E-state index in [0.717, 1.165) is 18.6 Å². The molecule has 1 aliphatic rings. The molecule has 0 amide bonds. The van der Waals surface area contributed by atoms with E-state index in [4.69, 9.17) is 4.74 Å². The predicted octanol–water partition coefficient (Wildman–Crippen LogP) is 0.932. The van der Waals surface area contributed by atoms with Gasteiger partial charge in [-0.3, -0.25) is 0 Å². The zero-order valence-corrected chi connectivity index (χ0v) is 7.32. The third-order valence-electron chi connectivity index (χ3n) is 2.02. The molecule has 3 unspecified atom stereocenters. The van der Waals surface area contributed by atoms with Crippen LogP contribution in [0.2, 0.25) is 0 Å². The molecule has 0 aliphatic carbocycles. The van der Waals surface area contributed by atoms with Crippen molar-refractivity contribution in [2.75, 3.05) is 12.9 Å². The molecule has 3 atom stereocenters. The van der Waals surface area contributed by atoms with Gasteiger partial charge in [0, 0.05) is 20.0 Å². The van der Waals surface area contributed by atoms with Crippen LogP contribution >= 0.6 is 0 Å². The first-order valence-corrected chi connectivity index (χ1v) is 5.02. The summed E-state index contributed by atoms with van der Waals surface area (Å²) < 4.78 is 16.3. The third-order valence-corrected chi connectivity index (χ3v) is 3.75. The van der Waals surface area contributed by atoms with Crippen LogP contribution in [0.15, 0.2) is 0 Å². The van der Waals surface area contributed by atoms with Crippen molar-refractivity contribution in [2.24, 2.45) is 0 Å². The molecule has 1 fully saturated rings. The predicted molar refractivity (Wildman–Crippen MR) is 42.5 cm³/mol. The van der Waals surface area contributed by atoms with Gasteiger partial charge < -0.3 is 9.29 Å². The standard InChI is InChI=1S/C7H14O2S/c1-6-5-7(9-2)3-4-10(6)8/h6-7H,3-5H2,1-2H3. The molecular weight excluding hydrogens is 148 g/mol. The van der Waals surface area contributed by atoms with Crippen molar-refractivity contribution in [3.8, 4) is 0 Å². The second-order valence-corrected chi connectivity index (χ2v) is 4.75. The lowest BCUT2D eigenvalue weighted by Gasteiger charge is -2.28. The summed E-state index contributed by atoms with van der Waals surface area (Å²) in [6.07, 6.45) is 2.28. The number of rotatable bonds is 1. The van der Waals surface area contributed by atoms with Gasteiger partial charge in [0.05, 0.1) is 6.10 Å². The van der Waals surface area contributed by atoms with Gasteiger partial charge in [-0.15, -0.1) is 0 Å². The Morgan fingerprint density at radius 1 is 1.60 bits per heavy atom. The molecule has 2 nitrogen and oxygen atoms in total. The molecule has 60 valence electrons. The number of hydrogen-bond acceptors (Lipinski definition) is 2. The Labute approximate surface area is 65.1 Å². The topological polar surface area (TPSA) is 32.3 Å². The van der Waals surface area contributed by atoms with Crippen molar-refractivity contribution in [3.05, 3.63) is 0 Å². The van der Waals surface area contributed by atoms with Gasteiger partial charge in [0.15, 0.2) is 0 Å². The molecule has 0 N–H and O–H groups in total. The second kappa shape index (κ2) is 3.60. The van der Waals surface area contributed by atoms with E-state index in [1.807, 2.05) is 6.92 Å². The molecule has 10 heavy (non-hydrogen) atoms. The maximum atomic E-state index is 11.1. The lowest BCUT2D eigenvalue weighted by molar-refractivity contribution is 0.0889. The fraction of sp³-hybridized carbons (Fsp3) is 1.00. The van der Waals surface area contributed by atoms with Gasteiger partial charge in [-0.05, 0) is 6.92 Å². The summed E-state index contributed by atoms with van der Waals surface area (Å²) in [4.78, 5) is 0. The average Bonchev–Trinajstić information content (AvgIpc) is 1.95. The van der Waals surface area contributed by atoms with Gasteiger partial charge in [0.1, 0.15) is 11.0 Å². The van der Waals surface area contributed by atoms with E-state index in [1.165, 1.54) is 0 Å². The van der Waals surface area contributed by atoms with Crippen molar-refractivity contribution in [2.45, 2.75) is 31.1 Å². The summed E-state index contributed by atoms with van der Waals surface area (Å²) in [5.74, 6) is 0.819.